The lowest BCUT2D eigenvalue weighted by atomic mass is 10.0. The van der Waals surface area contributed by atoms with Crippen molar-refractivity contribution in [2.45, 2.75) is 32.1 Å². The van der Waals surface area contributed by atoms with E-state index in [2.05, 4.69) is 19.0 Å². The van der Waals surface area contributed by atoms with Crippen LogP contribution in [0.2, 0.25) is 0 Å². The van der Waals surface area contributed by atoms with Gasteiger partial charge in [-0.1, -0.05) is 49.6 Å². The van der Waals surface area contributed by atoms with Crippen LogP contribution in [0.4, 0.5) is 0 Å². The fourth-order valence-electron chi connectivity index (χ4n) is 2.71. The number of benzene rings is 2. The van der Waals surface area contributed by atoms with Crippen LogP contribution in [-0.2, 0) is 0 Å². The fourth-order valence-corrected chi connectivity index (χ4v) is 2.71. The summed E-state index contributed by atoms with van der Waals surface area (Å²) in [6.45, 7) is 1.91. The van der Waals surface area contributed by atoms with Crippen LogP contribution >= 0.6 is 0 Å². The molecule has 2 rings (SSSR count). The summed E-state index contributed by atoms with van der Waals surface area (Å²) in [4.78, 5) is 14.6. The molecule has 0 heterocycles. The van der Waals surface area contributed by atoms with Crippen molar-refractivity contribution in [3.05, 3.63) is 65.7 Å². The Kier molecular flexibility index (Phi) is 8.20. The molecule has 2 aromatic carbocycles. The van der Waals surface area contributed by atoms with Crippen LogP contribution in [0.5, 0.6) is 5.75 Å². The molecule has 25 heavy (non-hydrogen) atoms. The number of nitrogens with zero attached hydrogens (tertiary/aromatic N) is 1. The molecule has 0 atom stereocenters. The van der Waals surface area contributed by atoms with Gasteiger partial charge in [-0.25, -0.2) is 0 Å². The van der Waals surface area contributed by atoms with E-state index in [0.717, 1.165) is 18.8 Å². The van der Waals surface area contributed by atoms with E-state index in [1.165, 1.54) is 32.2 Å². The molecule has 2 aromatic rings. The molecule has 0 aliphatic heterocycles. The highest BCUT2D eigenvalue weighted by Crippen LogP contribution is 2.16. The Hall–Kier alpha value is -2.13. The minimum atomic E-state index is 0.0462. The molecule has 0 aromatic heterocycles. The van der Waals surface area contributed by atoms with Crippen LogP contribution < -0.4 is 4.74 Å². The third-order valence-electron chi connectivity index (χ3n) is 4.17. The van der Waals surface area contributed by atoms with Gasteiger partial charge < -0.3 is 9.64 Å². The van der Waals surface area contributed by atoms with Gasteiger partial charge in [0.25, 0.3) is 0 Å². The van der Waals surface area contributed by atoms with Gasteiger partial charge in [0.1, 0.15) is 5.75 Å². The molecule has 3 nitrogen and oxygen atoms in total. The van der Waals surface area contributed by atoms with Crippen LogP contribution in [0.25, 0.3) is 0 Å². The number of hydrogen-bond acceptors (Lipinski definition) is 3. The molecule has 0 fully saturated rings. The quantitative estimate of drug-likeness (QED) is 0.435. The summed E-state index contributed by atoms with van der Waals surface area (Å²) in [6, 6.07) is 16.8. The highest BCUT2D eigenvalue weighted by atomic mass is 16.5. The van der Waals surface area contributed by atoms with Crippen molar-refractivity contribution < 1.29 is 9.53 Å². The van der Waals surface area contributed by atoms with Gasteiger partial charge in [0.15, 0.2) is 5.78 Å². The first-order valence-corrected chi connectivity index (χ1v) is 9.14. The number of unbranched alkanes of at least 4 members (excludes halogenated alkanes) is 4. The van der Waals surface area contributed by atoms with E-state index in [-0.39, 0.29) is 5.78 Å². The Morgan fingerprint density at radius 2 is 1.40 bits per heavy atom. The summed E-state index contributed by atoms with van der Waals surface area (Å²) in [5.41, 5.74) is 1.41. The van der Waals surface area contributed by atoms with E-state index < -0.39 is 0 Å². The summed E-state index contributed by atoms with van der Waals surface area (Å²) in [5.74, 6) is 0.877. The lowest BCUT2D eigenvalue weighted by molar-refractivity contribution is 0.103. The molecular formula is C22H29NO2. The second-order valence-electron chi connectivity index (χ2n) is 6.64. The maximum Gasteiger partial charge on any atom is 0.193 e. The molecule has 0 aliphatic rings. The number of ether oxygens (including phenoxy) is 1. The molecule has 0 N–H and O–H groups in total. The lowest BCUT2D eigenvalue weighted by Crippen LogP contribution is -2.12. The summed E-state index contributed by atoms with van der Waals surface area (Å²) in [5, 5.41) is 0. The van der Waals surface area contributed by atoms with E-state index in [0.29, 0.717) is 11.1 Å². The molecule has 0 amide bonds. The Bertz CT molecular complexity index is 620. The summed E-state index contributed by atoms with van der Waals surface area (Å²) >= 11 is 0. The minimum Gasteiger partial charge on any atom is -0.494 e. The molecule has 0 bridgehead atoms. The number of carbonyl (C=O) groups excluding carboxylic acids is 1. The first-order valence-electron chi connectivity index (χ1n) is 9.14. The zero-order chi connectivity index (χ0) is 17.9. The average Bonchev–Trinajstić information content (AvgIpc) is 2.64. The zero-order valence-corrected chi connectivity index (χ0v) is 15.4. The van der Waals surface area contributed by atoms with Gasteiger partial charge in [-0.05, 0) is 57.7 Å². The van der Waals surface area contributed by atoms with Gasteiger partial charge in [0.05, 0.1) is 6.61 Å². The van der Waals surface area contributed by atoms with Crippen LogP contribution in [-0.4, -0.2) is 37.9 Å². The number of hydrogen-bond donors (Lipinski definition) is 0. The summed E-state index contributed by atoms with van der Waals surface area (Å²) in [6.07, 6.45) is 6.10. The Balaban J connectivity index is 1.66. The fraction of sp³-hybridized carbons (Fsp3) is 0.409. The van der Waals surface area contributed by atoms with E-state index in [4.69, 9.17) is 4.74 Å². The van der Waals surface area contributed by atoms with E-state index in [9.17, 15) is 4.79 Å². The van der Waals surface area contributed by atoms with Gasteiger partial charge in [-0.2, -0.15) is 0 Å². The third-order valence-corrected chi connectivity index (χ3v) is 4.17. The highest BCUT2D eigenvalue weighted by Gasteiger charge is 2.08. The Labute approximate surface area is 151 Å². The number of carbonyl (C=O) groups is 1. The standard InChI is InChI=1S/C22H29NO2/c1-23(2)17-9-4-3-5-10-18-25-21-15-13-20(14-16-21)22(24)19-11-7-6-8-12-19/h6-8,11-16H,3-5,9-10,17-18H2,1-2H3. The van der Waals surface area contributed by atoms with Crippen molar-refractivity contribution in [3.63, 3.8) is 0 Å². The molecule has 0 spiro atoms. The van der Waals surface area contributed by atoms with Gasteiger partial charge in [0.2, 0.25) is 0 Å². The van der Waals surface area contributed by atoms with Crippen LogP contribution in [0.1, 0.15) is 48.0 Å². The van der Waals surface area contributed by atoms with Crippen LogP contribution in [0.3, 0.4) is 0 Å². The molecular weight excluding hydrogens is 310 g/mol. The Morgan fingerprint density at radius 3 is 2.08 bits per heavy atom. The van der Waals surface area contributed by atoms with Gasteiger partial charge in [-0.15, -0.1) is 0 Å². The first-order chi connectivity index (χ1) is 12.2. The van der Waals surface area contributed by atoms with E-state index >= 15 is 0 Å². The molecule has 0 aliphatic carbocycles. The normalized spacial score (nSPS) is 10.8. The summed E-state index contributed by atoms with van der Waals surface area (Å²) in [7, 11) is 4.24. The van der Waals surface area contributed by atoms with Crippen molar-refractivity contribution in [3.8, 4) is 5.75 Å². The smallest absolute Gasteiger partial charge is 0.193 e. The lowest BCUT2D eigenvalue weighted by Gasteiger charge is -2.09. The third kappa shape index (κ3) is 7.10. The van der Waals surface area contributed by atoms with Crippen molar-refractivity contribution in [1.29, 1.82) is 0 Å². The first kappa shape index (κ1) is 19.2. The van der Waals surface area contributed by atoms with Gasteiger partial charge in [0, 0.05) is 11.1 Å². The topological polar surface area (TPSA) is 29.5 Å². The molecule has 0 unspecified atom stereocenters. The maximum atomic E-state index is 12.3. The van der Waals surface area contributed by atoms with Crippen molar-refractivity contribution >= 4 is 5.78 Å². The molecule has 0 saturated heterocycles. The van der Waals surface area contributed by atoms with Crippen molar-refractivity contribution in [2.24, 2.45) is 0 Å². The highest BCUT2D eigenvalue weighted by molar-refractivity contribution is 6.08. The average molecular weight is 339 g/mol. The Morgan fingerprint density at radius 1 is 0.800 bits per heavy atom. The predicted octanol–water partition coefficient (Wildman–Crippen LogP) is 4.81. The maximum absolute atomic E-state index is 12.3. The van der Waals surface area contributed by atoms with Gasteiger partial charge in [-0.3, -0.25) is 4.79 Å². The second-order valence-corrected chi connectivity index (χ2v) is 6.64. The molecule has 134 valence electrons. The van der Waals surface area contributed by atoms with E-state index in [1.54, 1.807) is 0 Å². The van der Waals surface area contributed by atoms with E-state index in [1.807, 2.05) is 54.6 Å². The number of rotatable bonds is 11. The zero-order valence-electron chi connectivity index (χ0n) is 15.4. The predicted molar refractivity (Wildman–Crippen MR) is 103 cm³/mol. The summed E-state index contributed by atoms with van der Waals surface area (Å²) < 4.78 is 5.77. The molecule has 0 radical (unpaired) electrons. The van der Waals surface area contributed by atoms with Crippen LogP contribution in [0, 0.1) is 0 Å². The van der Waals surface area contributed by atoms with Crippen LogP contribution in [0.15, 0.2) is 54.6 Å². The van der Waals surface area contributed by atoms with Gasteiger partial charge >= 0.3 is 0 Å². The monoisotopic (exact) mass is 339 g/mol. The van der Waals surface area contributed by atoms with Crippen molar-refractivity contribution in [2.75, 3.05) is 27.2 Å². The largest absolute Gasteiger partial charge is 0.494 e. The SMILES string of the molecule is CN(C)CCCCCCCOc1ccc(C(=O)c2ccccc2)cc1. The minimum absolute atomic E-state index is 0.0462. The second kappa shape index (κ2) is 10.7. The van der Waals surface area contributed by atoms with Crippen molar-refractivity contribution in [1.82, 2.24) is 4.90 Å². The number of ketones is 1. The molecule has 0 saturated carbocycles. The molecule has 3 heteroatoms.